The molecule has 0 aromatic carbocycles. The first kappa shape index (κ1) is 12.1. The molecule has 1 N–H and O–H groups in total. The first-order valence-electron chi connectivity index (χ1n) is 7.09. The standard InChI is InChI=1S/C13H21N3O2/c1-2-6-11(14-7-3-1)13-15-12(16-18-13)9-10-5-4-8-17-10/h10-11,14H,1-9H2. The van der Waals surface area contributed by atoms with Crippen LogP contribution in [0.5, 0.6) is 0 Å². The normalized spacial score (nSPS) is 29.3. The van der Waals surface area contributed by atoms with E-state index in [1.807, 2.05) is 0 Å². The number of nitrogens with one attached hydrogen (secondary N) is 1. The van der Waals surface area contributed by atoms with Crippen molar-refractivity contribution in [1.29, 1.82) is 0 Å². The van der Waals surface area contributed by atoms with Gasteiger partial charge in [0.2, 0.25) is 5.89 Å². The van der Waals surface area contributed by atoms with E-state index in [1.54, 1.807) is 0 Å². The third-order valence-corrected chi connectivity index (χ3v) is 3.78. The van der Waals surface area contributed by atoms with Crippen molar-refractivity contribution in [2.75, 3.05) is 13.2 Å². The summed E-state index contributed by atoms with van der Waals surface area (Å²) in [6, 6.07) is 0.248. The Kier molecular flexibility index (Phi) is 3.90. The fourth-order valence-corrected chi connectivity index (χ4v) is 2.74. The molecule has 18 heavy (non-hydrogen) atoms. The SMILES string of the molecule is C1CCNC(c2nc(CC3CCCO3)no2)CC1. The Hall–Kier alpha value is -0.940. The van der Waals surface area contributed by atoms with Gasteiger partial charge in [-0.3, -0.25) is 0 Å². The highest BCUT2D eigenvalue weighted by atomic mass is 16.5. The molecule has 3 rings (SSSR count). The van der Waals surface area contributed by atoms with E-state index in [-0.39, 0.29) is 12.1 Å². The molecule has 5 heteroatoms. The summed E-state index contributed by atoms with van der Waals surface area (Å²) in [6.07, 6.45) is 8.22. The molecule has 3 heterocycles. The lowest BCUT2D eigenvalue weighted by Gasteiger charge is -2.09. The lowest BCUT2D eigenvalue weighted by molar-refractivity contribution is 0.109. The fraction of sp³-hybridized carbons (Fsp3) is 0.846. The average molecular weight is 251 g/mol. The fourth-order valence-electron chi connectivity index (χ4n) is 2.74. The molecular formula is C13H21N3O2. The van der Waals surface area contributed by atoms with Gasteiger partial charge in [0.25, 0.3) is 0 Å². The first-order valence-corrected chi connectivity index (χ1v) is 7.09. The minimum atomic E-state index is 0.248. The van der Waals surface area contributed by atoms with Gasteiger partial charge >= 0.3 is 0 Å². The molecule has 2 fully saturated rings. The average Bonchev–Trinajstić information content (AvgIpc) is 2.97. The topological polar surface area (TPSA) is 60.2 Å². The molecule has 0 spiro atoms. The van der Waals surface area contributed by atoms with Crippen LogP contribution in [-0.4, -0.2) is 29.4 Å². The van der Waals surface area contributed by atoms with Crippen molar-refractivity contribution in [1.82, 2.24) is 15.5 Å². The van der Waals surface area contributed by atoms with E-state index in [1.165, 1.54) is 19.3 Å². The summed E-state index contributed by atoms with van der Waals surface area (Å²) in [7, 11) is 0. The van der Waals surface area contributed by atoms with Gasteiger partial charge in [0, 0.05) is 13.0 Å². The molecule has 2 aliphatic heterocycles. The van der Waals surface area contributed by atoms with Crippen molar-refractivity contribution < 1.29 is 9.26 Å². The Morgan fingerprint density at radius 1 is 1.17 bits per heavy atom. The van der Waals surface area contributed by atoms with E-state index in [4.69, 9.17) is 9.26 Å². The van der Waals surface area contributed by atoms with Crippen LogP contribution in [0.2, 0.25) is 0 Å². The summed E-state index contributed by atoms with van der Waals surface area (Å²) in [4.78, 5) is 4.52. The maximum Gasteiger partial charge on any atom is 0.243 e. The summed E-state index contributed by atoms with van der Waals surface area (Å²) >= 11 is 0. The van der Waals surface area contributed by atoms with E-state index >= 15 is 0 Å². The Labute approximate surface area is 107 Å². The molecule has 2 saturated heterocycles. The van der Waals surface area contributed by atoms with Crippen LogP contribution < -0.4 is 5.32 Å². The molecule has 0 bridgehead atoms. The minimum absolute atomic E-state index is 0.248. The third-order valence-electron chi connectivity index (χ3n) is 3.78. The van der Waals surface area contributed by atoms with Crippen molar-refractivity contribution in [3.63, 3.8) is 0 Å². The molecule has 0 amide bonds. The quantitative estimate of drug-likeness (QED) is 0.890. The molecule has 0 saturated carbocycles. The molecule has 2 atom stereocenters. The van der Waals surface area contributed by atoms with E-state index in [9.17, 15) is 0 Å². The molecule has 2 unspecified atom stereocenters. The molecular weight excluding hydrogens is 230 g/mol. The summed E-state index contributed by atoms with van der Waals surface area (Å²) in [6.45, 7) is 1.92. The molecule has 0 aliphatic carbocycles. The predicted molar refractivity (Wildman–Crippen MR) is 66.2 cm³/mol. The molecule has 1 aromatic heterocycles. The van der Waals surface area contributed by atoms with Crippen LogP contribution in [0.3, 0.4) is 0 Å². The van der Waals surface area contributed by atoms with Gasteiger partial charge in [-0.15, -0.1) is 0 Å². The third kappa shape index (κ3) is 2.90. The number of nitrogens with zero attached hydrogens (tertiary/aromatic N) is 2. The predicted octanol–water partition coefficient (Wildman–Crippen LogP) is 2.00. The number of rotatable bonds is 3. The number of hydrogen-bond donors (Lipinski definition) is 1. The summed E-state index contributed by atoms with van der Waals surface area (Å²) < 4.78 is 11.0. The molecule has 100 valence electrons. The Morgan fingerprint density at radius 3 is 3.06 bits per heavy atom. The van der Waals surface area contributed by atoms with Crippen molar-refractivity contribution in [3.8, 4) is 0 Å². The Balaban J connectivity index is 1.60. The highest BCUT2D eigenvalue weighted by molar-refractivity contribution is 4.95. The van der Waals surface area contributed by atoms with Crippen molar-refractivity contribution in [2.24, 2.45) is 0 Å². The largest absolute Gasteiger partial charge is 0.378 e. The van der Waals surface area contributed by atoms with Gasteiger partial charge in [0.1, 0.15) is 0 Å². The van der Waals surface area contributed by atoms with Gasteiger partial charge in [-0.2, -0.15) is 4.98 Å². The zero-order valence-corrected chi connectivity index (χ0v) is 10.7. The summed E-state index contributed by atoms with van der Waals surface area (Å²) in [5.74, 6) is 1.55. The molecule has 0 radical (unpaired) electrons. The van der Waals surface area contributed by atoms with Gasteiger partial charge in [-0.05, 0) is 32.2 Å². The van der Waals surface area contributed by atoms with Crippen LogP contribution in [0.15, 0.2) is 4.52 Å². The monoisotopic (exact) mass is 251 g/mol. The lowest BCUT2D eigenvalue weighted by Crippen LogP contribution is -2.20. The zero-order valence-electron chi connectivity index (χ0n) is 10.7. The maximum absolute atomic E-state index is 5.59. The number of ether oxygens (including phenoxy) is 1. The van der Waals surface area contributed by atoms with Crippen LogP contribution in [0, 0.1) is 0 Å². The van der Waals surface area contributed by atoms with Gasteiger partial charge < -0.3 is 14.6 Å². The molecule has 2 aliphatic rings. The van der Waals surface area contributed by atoms with E-state index in [0.29, 0.717) is 0 Å². The Morgan fingerprint density at radius 2 is 2.17 bits per heavy atom. The lowest BCUT2D eigenvalue weighted by atomic mass is 10.1. The van der Waals surface area contributed by atoms with Gasteiger partial charge in [-0.25, -0.2) is 0 Å². The highest BCUT2D eigenvalue weighted by Gasteiger charge is 2.22. The highest BCUT2D eigenvalue weighted by Crippen LogP contribution is 2.22. The van der Waals surface area contributed by atoms with Gasteiger partial charge in [0.05, 0.1) is 12.1 Å². The Bertz CT molecular complexity index is 366. The van der Waals surface area contributed by atoms with Crippen LogP contribution in [0.4, 0.5) is 0 Å². The van der Waals surface area contributed by atoms with E-state index in [2.05, 4.69) is 15.5 Å². The van der Waals surface area contributed by atoms with Crippen LogP contribution in [0.1, 0.15) is 56.3 Å². The smallest absolute Gasteiger partial charge is 0.243 e. The van der Waals surface area contributed by atoms with Crippen LogP contribution in [0.25, 0.3) is 0 Å². The molecule has 1 aromatic rings. The number of aromatic nitrogens is 2. The first-order chi connectivity index (χ1) is 8.92. The van der Waals surface area contributed by atoms with E-state index < -0.39 is 0 Å². The minimum Gasteiger partial charge on any atom is -0.378 e. The summed E-state index contributed by atoms with van der Waals surface area (Å²) in [5.41, 5.74) is 0. The van der Waals surface area contributed by atoms with Crippen molar-refractivity contribution >= 4 is 0 Å². The van der Waals surface area contributed by atoms with Crippen molar-refractivity contribution in [2.45, 2.75) is 57.1 Å². The van der Waals surface area contributed by atoms with Gasteiger partial charge in [0.15, 0.2) is 5.82 Å². The van der Waals surface area contributed by atoms with Crippen molar-refractivity contribution in [3.05, 3.63) is 11.7 Å². The summed E-state index contributed by atoms with van der Waals surface area (Å²) in [5, 5.41) is 7.56. The maximum atomic E-state index is 5.59. The van der Waals surface area contributed by atoms with Gasteiger partial charge in [-0.1, -0.05) is 18.0 Å². The van der Waals surface area contributed by atoms with Crippen LogP contribution in [-0.2, 0) is 11.2 Å². The second-order valence-electron chi connectivity index (χ2n) is 5.24. The second kappa shape index (κ2) is 5.80. The van der Waals surface area contributed by atoms with Crippen LogP contribution >= 0.6 is 0 Å². The second-order valence-corrected chi connectivity index (χ2v) is 5.24. The molecule has 5 nitrogen and oxygen atoms in total. The number of hydrogen-bond acceptors (Lipinski definition) is 5. The zero-order chi connectivity index (χ0) is 12.2. The van der Waals surface area contributed by atoms with E-state index in [0.717, 1.165) is 50.6 Å².